The molecule has 136 valence electrons. The monoisotopic (exact) mass is 363 g/mol. The Bertz CT molecular complexity index is 749. The summed E-state index contributed by atoms with van der Waals surface area (Å²) in [6.07, 6.45) is 5.23. The fraction of sp³-hybridized carbons (Fsp3) is 0.389. The molecule has 1 aromatic carbocycles. The summed E-state index contributed by atoms with van der Waals surface area (Å²) in [5.41, 5.74) is 2.94. The van der Waals surface area contributed by atoms with Crippen molar-refractivity contribution in [3.8, 4) is 0 Å². The van der Waals surface area contributed by atoms with E-state index in [2.05, 4.69) is 18.5 Å². The van der Waals surface area contributed by atoms with Crippen LogP contribution in [0.4, 0.5) is 5.69 Å². The highest BCUT2D eigenvalue weighted by atomic mass is 32.2. The van der Waals surface area contributed by atoms with Gasteiger partial charge in [0.25, 0.3) is 0 Å². The standard InChI is InChI=1S/C18H25N3O3S/c1-4-10-20(11-5-2)18(22)13-19-17-8-6-7-15-14-21(25(3,23)24)12-9-16(15)17/h4-8,19H,1-2,9-14H2,3H3. The van der Waals surface area contributed by atoms with E-state index < -0.39 is 10.0 Å². The van der Waals surface area contributed by atoms with Gasteiger partial charge >= 0.3 is 0 Å². The van der Waals surface area contributed by atoms with Gasteiger partial charge in [0.2, 0.25) is 15.9 Å². The minimum Gasteiger partial charge on any atom is -0.376 e. The van der Waals surface area contributed by atoms with Gasteiger partial charge in [-0.15, -0.1) is 13.2 Å². The third-order valence-electron chi connectivity index (χ3n) is 4.18. The Labute approximate surface area is 149 Å². The Morgan fingerprint density at radius 1 is 1.32 bits per heavy atom. The van der Waals surface area contributed by atoms with Crippen molar-refractivity contribution >= 4 is 21.6 Å². The summed E-state index contributed by atoms with van der Waals surface area (Å²) < 4.78 is 24.9. The Morgan fingerprint density at radius 3 is 2.60 bits per heavy atom. The first-order valence-corrected chi connectivity index (χ1v) is 10.0. The highest BCUT2D eigenvalue weighted by Crippen LogP contribution is 2.27. The van der Waals surface area contributed by atoms with Gasteiger partial charge in [0.1, 0.15) is 0 Å². The minimum atomic E-state index is -3.20. The molecule has 0 bridgehead atoms. The number of hydrogen-bond acceptors (Lipinski definition) is 4. The second-order valence-corrected chi connectivity index (χ2v) is 8.00. The molecule has 0 spiro atoms. The second-order valence-electron chi connectivity index (χ2n) is 6.02. The summed E-state index contributed by atoms with van der Waals surface area (Å²) in [4.78, 5) is 14.0. The van der Waals surface area contributed by atoms with Crippen molar-refractivity contribution in [1.29, 1.82) is 0 Å². The molecule has 0 atom stereocenters. The van der Waals surface area contributed by atoms with E-state index >= 15 is 0 Å². The third-order valence-corrected chi connectivity index (χ3v) is 5.43. The van der Waals surface area contributed by atoms with Crippen molar-refractivity contribution in [3.63, 3.8) is 0 Å². The highest BCUT2D eigenvalue weighted by Gasteiger charge is 2.24. The van der Waals surface area contributed by atoms with Gasteiger partial charge < -0.3 is 10.2 Å². The maximum absolute atomic E-state index is 12.3. The van der Waals surface area contributed by atoms with Crippen LogP contribution in [0.2, 0.25) is 0 Å². The molecule has 1 aromatic rings. The molecule has 0 radical (unpaired) electrons. The first-order chi connectivity index (χ1) is 11.9. The zero-order valence-corrected chi connectivity index (χ0v) is 15.4. The molecular weight excluding hydrogens is 338 g/mol. The highest BCUT2D eigenvalue weighted by molar-refractivity contribution is 7.88. The van der Waals surface area contributed by atoms with Crippen molar-refractivity contribution in [1.82, 2.24) is 9.21 Å². The fourth-order valence-corrected chi connectivity index (χ4v) is 3.70. The van der Waals surface area contributed by atoms with Gasteiger partial charge in [0.05, 0.1) is 12.8 Å². The van der Waals surface area contributed by atoms with E-state index in [0.29, 0.717) is 32.6 Å². The lowest BCUT2D eigenvalue weighted by Gasteiger charge is -2.28. The molecular formula is C18H25N3O3S. The van der Waals surface area contributed by atoms with Crippen molar-refractivity contribution in [2.75, 3.05) is 37.8 Å². The number of nitrogens with zero attached hydrogens (tertiary/aromatic N) is 2. The van der Waals surface area contributed by atoms with Gasteiger partial charge in [-0.2, -0.15) is 4.31 Å². The zero-order chi connectivity index (χ0) is 18.4. The van der Waals surface area contributed by atoms with Crippen molar-refractivity contribution < 1.29 is 13.2 Å². The summed E-state index contributed by atoms with van der Waals surface area (Å²) in [7, 11) is -3.20. The van der Waals surface area contributed by atoms with Gasteiger partial charge in [-0.3, -0.25) is 4.79 Å². The number of fused-ring (bicyclic) bond motifs is 1. The number of nitrogens with one attached hydrogen (secondary N) is 1. The molecule has 0 saturated carbocycles. The summed E-state index contributed by atoms with van der Waals surface area (Å²) in [6.45, 7) is 9.28. The first kappa shape index (κ1) is 19.2. The van der Waals surface area contributed by atoms with Crippen molar-refractivity contribution in [3.05, 3.63) is 54.6 Å². The molecule has 0 aromatic heterocycles. The molecule has 0 saturated heterocycles. The number of carbonyl (C=O) groups excluding carboxylic acids is 1. The molecule has 1 aliphatic rings. The third kappa shape index (κ3) is 4.93. The van der Waals surface area contributed by atoms with Crippen LogP contribution in [0.25, 0.3) is 0 Å². The van der Waals surface area contributed by atoms with Gasteiger partial charge in [-0.25, -0.2) is 8.42 Å². The molecule has 2 rings (SSSR count). The van der Waals surface area contributed by atoms with Gasteiger partial charge in [-0.1, -0.05) is 24.3 Å². The molecule has 6 nitrogen and oxygen atoms in total. The van der Waals surface area contributed by atoms with Crippen LogP contribution in [-0.4, -0.2) is 56.0 Å². The van der Waals surface area contributed by atoms with Crippen LogP contribution >= 0.6 is 0 Å². The smallest absolute Gasteiger partial charge is 0.242 e. The number of sulfonamides is 1. The molecule has 0 unspecified atom stereocenters. The van der Waals surface area contributed by atoms with E-state index in [0.717, 1.165) is 16.8 Å². The van der Waals surface area contributed by atoms with E-state index in [4.69, 9.17) is 0 Å². The first-order valence-electron chi connectivity index (χ1n) is 8.16. The summed E-state index contributed by atoms with van der Waals surface area (Å²) in [5.74, 6) is -0.0361. The molecule has 25 heavy (non-hydrogen) atoms. The Balaban J connectivity index is 2.08. The van der Waals surface area contributed by atoms with Crippen LogP contribution in [0, 0.1) is 0 Å². The van der Waals surface area contributed by atoms with E-state index in [1.165, 1.54) is 10.6 Å². The largest absolute Gasteiger partial charge is 0.376 e. The molecule has 0 fully saturated rings. The van der Waals surface area contributed by atoms with E-state index in [9.17, 15) is 13.2 Å². The number of rotatable bonds is 8. The summed E-state index contributed by atoms with van der Waals surface area (Å²) >= 11 is 0. The van der Waals surface area contributed by atoms with Crippen molar-refractivity contribution in [2.45, 2.75) is 13.0 Å². The summed E-state index contributed by atoms with van der Waals surface area (Å²) in [5, 5.41) is 3.20. The van der Waals surface area contributed by atoms with Crippen LogP contribution in [-0.2, 0) is 27.8 Å². The number of hydrogen-bond donors (Lipinski definition) is 1. The van der Waals surface area contributed by atoms with E-state index in [1.807, 2.05) is 18.2 Å². The molecule has 1 amide bonds. The SMILES string of the molecule is C=CCN(CC=C)C(=O)CNc1cccc2c1CCN(S(C)(=O)=O)C2. The maximum atomic E-state index is 12.3. The van der Waals surface area contributed by atoms with Crippen molar-refractivity contribution in [2.24, 2.45) is 0 Å². The van der Waals surface area contributed by atoms with Crippen LogP contribution in [0.5, 0.6) is 0 Å². The fourth-order valence-electron chi connectivity index (χ4n) is 2.90. The predicted octanol–water partition coefficient (Wildman–Crippen LogP) is 1.62. The zero-order valence-electron chi connectivity index (χ0n) is 14.6. The molecule has 1 N–H and O–H groups in total. The normalized spacial score (nSPS) is 14.4. The molecule has 0 aliphatic carbocycles. The van der Waals surface area contributed by atoms with Crippen LogP contribution in [0.3, 0.4) is 0 Å². The number of carbonyl (C=O) groups is 1. The lowest BCUT2D eigenvalue weighted by molar-refractivity contribution is -0.128. The number of benzene rings is 1. The quantitative estimate of drug-likeness (QED) is 0.713. The maximum Gasteiger partial charge on any atom is 0.242 e. The van der Waals surface area contributed by atoms with Crippen LogP contribution < -0.4 is 5.32 Å². The lowest BCUT2D eigenvalue weighted by Crippen LogP contribution is -2.37. The topological polar surface area (TPSA) is 69.7 Å². The minimum absolute atomic E-state index is 0.0361. The Kier molecular flexibility index (Phi) is 6.39. The second kappa shape index (κ2) is 8.31. The number of amides is 1. The predicted molar refractivity (Wildman–Crippen MR) is 101 cm³/mol. The van der Waals surface area contributed by atoms with E-state index in [1.54, 1.807) is 17.1 Å². The van der Waals surface area contributed by atoms with Crippen LogP contribution in [0.15, 0.2) is 43.5 Å². The summed E-state index contributed by atoms with van der Waals surface area (Å²) in [6, 6.07) is 5.73. The number of anilines is 1. The average Bonchev–Trinajstić information content (AvgIpc) is 2.58. The average molecular weight is 363 g/mol. The lowest BCUT2D eigenvalue weighted by atomic mass is 9.99. The molecule has 7 heteroatoms. The molecule has 1 aliphatic heterocycles. The molecule has 1 heterocycles. The van der Waals surface area contributed by atoms with Gasteiger partial charge in [0.15, 0.2) is 0 Å². The van der Waals surface area contributed by atoms with Crippen LogP contribution in [0.1, 0.15) is 11.1 Å². The Morgan fingerprint density at radius 2 is 2.00 bits per heavy atom. The van der Waals surface area contributed by atoms with Gasteiger partial charge in [-0.05, 0) is 23.6 Å². The van der Waals surface area contributed by atoms with E-state index in [-0.39, 0.29) is 12.5 Å². The van der Waals surface area contributed by atoms with Gasteiger partial charge in [0, 0.05) is 31.9 Å². The Hall–Kier alpha value is -2.12.